The predicted molar refractivity (Wildman–Crippen MR) is 122 cm³/mol. The molecule has 0 saturated heterocycles. The number of amides is 2. The Morgan fingerprint density at radius 3 is 2.67 bits per heavy atom. The summed E-state index contributed by atoms with van der Waals surface area (Å²) in [4.78, 5) is 12.4. The smallest absolute Gasteiger partial charge is 0.319 e. The van der Waals surface area contributed by atoms with Gasteiger partial charge in [0.2, 0.25) is 0 Å². The number of benzene rings is 3. The average molecular weight is 399 g/mol. The zero-order valence-electron chi connectivity index (χ0n) is 16.7. The summed E-state index contributed by atoms with van der Waals surface area (Å²) in [5, 5.41) is 20.3. The molecule has 1 fully saturated rings. The Bertz CT molecular complexity index is 1190. The van der Waals surface area contributed by atoms with Gasteiger partial charge in [-0.3, -0.25) is 5.10 Å². The number of rotatable bonds is 4. The first-order valence-electron chi connectivity index (χ1n) is 10.6. The van der Waals surface area contributed by atoms with Crippen molar-refractivity contribution < 1.29 is 4.79 Å². The van der Waals surface area contributed by atoms with Gasteiger partial charge in [-0.25, -0.2) is 4.79 Å². The molecule has 1 aromatic heterocycles. The molecule has 3 aromatic carbocycles. The van der Waals surface area contributed by atoms with Gasteiger partial charge < -0.3 is 16.0 Å². The van der Waals surface area contributed by atoms with Crippen molar-refractivity contribution in [2.24, 2.45) is 0 Å². The Hall–Kier alpha value is -3.54. The SMILES string of the molecule is O=C(Nc1ccc2[nH]nc(Nc3cccc4ccccc34)c2c1)NC1CCCCC1. The summed E-state index contributed by atoms with van der Waals surface area (Å²) < 4.78 is 0. The lowest BCUT2D eigenvalue weighted by molar-refractivity contribution is 0.244. The highest BCUT2D eigenvalue weighted by molar-refractivity contribution is 6.00. The van der Waals surface area contributed by atoms with Crippen molar-refractivity contribution in [1.82, 2.24) is 15.5 Å². The van der Waals surface area contributed by atoms with Gasteiger partial charge in [0.25, 0.3) is 0 Å². The van der Waals surface area contributed by atoms with E-state index in [1.54, 1.807) is 0 Å². The lowest BCUT2D eigenvalue weighted by Gasteiger charge is -2.22. The highest BCUT2D eigenvalue weighted by atomic mass is 16.2. The van der Waals surface area contributed by atoms with Gasteiger partial charge in [0.1, 0.15) is 0 Å². The number of anilines is 3. The normalized spacial score (nSPS) is 14.7. The van der Waals surface area contributed by atoms with Gasteiger partial charge in [0.05, 0.1) is 5.52 Å². The molecule has 6 nitrogen and oxygen atoms in total. The average Bonchev–Trinajstić information content (AvgIpc) is 3.17. The van der Waals surface area contributed by atoms with Crippen molar-refractivity contribution in [3.63, 3.8) is 0 Å². The van der Waals surface area contributed by atoms with Crippen LogP contribution in [-0.2, 0) is 0 Å². The summed E-state index contributed by atoms with van der Waals surface area (Å²) in [6.07, 6.45) is 5.77. The zero-order valence-corrected chi connectivity index (χ0v) is 16.7. The molecule has 1 heterocycles. The van der Waals surface area contributed by atoms with Gasteiger partial charge in [-0.1, -0.05) is 55.7 Å². The molecule has 1 aliphatic rings. The van der Waals surface area contributed by atoms with Crippen molar-refractivity contribution in [1.29, 1.82) is 0 Å². The number of carbonyl (C=O) groups is 1. The molecule has 4 N–H and O–H groups in total. The van der Waals surface area contributed by atoms with Crippen LogP contribution in [0.1, 0.15) is 32.1 Å². The maximum absolute atomic E-state index is 12.4. The molecular formula is C24H25N5O. The van der Waals surface area contributed by atoms with Crippen LogP contribution in [0.2, 0.25) is 0 Å². The second-order valence-electron chi connectivity index (χ2n) is 7.92. The van der Waals surface area contributed by atoms with Crippen LogP contribution in [0.4, 0.5) is 22.0 Å². The molecule has 6 heteroatoms. The maximum atomic E-state index is 12.4. The Morgan fingerprint density at radius 1 is 0.933 bits per heavy atom. The van der Waals surface area contributed by atoms with Crippen LogP contribution in [0.15, 0.2) is 60.7 Å². The van der Waals surface area contributed by atoms with E-state index in [0.717, 1.165) is 46.3 Å². The third-order valence-corrected chi connectivity index (χ3v) is 5.80. The number of hydrogen-bond acceptors (Lipinski definition) is 3. The summed E-state index contributed by atoms with van der Waals surface area (Å²) in [6.45, 7) is 0. The number of H-pyrrole nitrogens is 1. The molecule has 1 aliphatic carbocycles. The highest BCUT2D eigenvalue weighted by Gasteiger charge is 2.16. The Balaban J connectivity index is 1.37. The molecule has 152 valence electrons. The van der Waals surface area contributed by atoms with E-state index in [4.69, 9.17) is 0 Å². The largest absolute Gasteiger partial charge is 0.338 e. The summed E-state index contributed by atoms with van der Waals surface area (Å²) in [7, 11) is 0. The molecule has 2 amide bonds. The monoisotopic (exact) mass is 399 g/mol. The molecule has 0 atom stereocenters. The first-order chi connectivity index (χ1) is 14.8. The van der Waals surface area contributed by atoms with Crippen molar-refractivity contribution in [3.05, 3.63) is 60.7 Å². The number of carbonyl (C=O) groups excluding carboxylic acids is 1. The zero-order chi connectivity index (χ0) is 20.3. The number of aromatic amines is 1. The molecule has 0 radical (unpaired) electrons. The fourth-order valence-corrected chi connectivity index (χ4v) is 4.25. The lowest BCUT2D eigenvalue weighted by Crippen LogP contribution is -2.38. The first-order valence-corrected chi connectivity index (χ1v) is 10.6. The van der Waals surface area contributed by atoms with Crippen LogP contribution in [-0.4, -0.2) is 22.3 Å². The number of fused-ring (bicyclic) bond motifs is 2. The number of urea groups is 1. The van der Waals surface area contributed by atoms with Gasteiger partial charge in [0.15, 0.2) is 5.82 Å². The molecule has 4 aromatic rings. The highest BCUT2D eigenvalue weighted by Crippen LogP contribution is 2.30. The summed E-state index contributed by atoms with van der Waals surface area (Å²) >= 11 is 0. The molecule has 0 aliphatic heterocycles. The van der Waals surface area contributed by atoms with Gasteiger partial charge >= 0.3 is 6.03 Å². The van der Waals surface area contributed by atoms with E-state index in [1.165, 1.54) is 24.6 Å². The van der Waals surface area contributed by atoms with Gasteiger partial charge in [0, 0.05) is 28.2 Å². The van der Waals surface area contributed by atoms with Gasteiger partial charge in [-0.15, -0.1) is 0 Å². The number of nitrogens with zero attached hydrogens (tertiary/aromatic N) is 1. The third kappa shape index (κ3) is 3.81. The summed E-state index contributed by atoms with van der Waals surface area (Å²) in [5.74, 6) is 0.734. The van der Waals surface area contributed by atoms with E-state index >= 15 is 0 Å². The fraction of sp³-hybridized carbons (Fsp3) is 0.250. The van der Waals surface area contributed by atoms with Crippen LogP contribution < -0.4 is 16.0 Å². The minimum absolute atomic E-state index is 0.145. The van der Waals surface area contributed by atoms with E-state index in [1.807, 2.05) is 42.5 Å². The Morgan fingerprint density at radius 2 is 1.77 bits per heavy atom. The standard InChI is InChI=1S/C24H25N5O/c30-24(25-17-9-2-1-3-10-17)26-18-13-14-22-20(15-18)23(29-28-22)27-21-12-6-8-16-7-4-5-11-19(16)21/h4-8,11-15,17H,1-3,9-10H2,(H2,25,26,30)(H2,27,28,29). The van der Waals surface area contributed by atoms with Crippen molar-refractivity contribution in [2.45, 2.75) is 38.1 Å². The molecule has 0 unspecified atom stereocenters. The maximum Gasteiger partial charge on any atom is 0.319 e. The number of hydrogen-bond donors (Lipinski definition) is 4. The van der Waals surface area contributed by atoms with Crippen molar-refractivity contribution >= 4 is 44.9 Å². The lowest BCUT2D eigenvalue weighted by atomic mass is 9.96. The third-order valence-electron chi connectivity index (χ3n) is 5.80. The van der Waals surface area contributed by atoms with E-state index < -0.39 is 0 Å². The van der Waals surface area contributed by atoms with E-state index in [2.05, 4.69) is 44.3 Å². The second-order valence-corrected chi connectivity index (χ2v) is 7.92. The second kappa shape index (κ2) is 8.06. The van der Waals surface area contributed by atoms with Crippen molar-refractivity contribution in [2.75, 3.05) is 10.6 Å². The minimum atomic E-state index is -0.145. The van der Waals surface area contributed by atoms with Crippen LogP contribution in [0.25, 0.3) is 21.7 Å². The van der Waals surface area contributed by atoms with Crippen LogP contribution in [0, 0.1) is 0 Å². The van der Waals surface area contributed by atoms with E-state index in [0.29, 0.717) is 0 Å². The molecule has 0 bridgehead atoms. The molecular weight excluding hydrogens is 374 g/mol. The predicted octanol–water partition coefficient (Wildman–Crippen LogP) is 5.91. The van der Waals surface area contributed by atoms with E-state index in [-0.39, 0.29) is 12.1 Å². The molecule has 0 spiro atoms. The number of aromatic nitrogens is 2. The molecule has 30 heavy (non-hydrogen) atoms. The Labute approximate surface area is 175 Å². The molecule has 5 rings (SSSR count). The topological polar surface area (TPSA) is 81.8 Å². The van der Waals surface area contributed by atoms with Crippen LogP contribution in [0.3, 0.4) is 0 Å². The van der Waals surface area contributed by atoms with E-state index in [9.17, 15) is 4.79 Å². The van der Waals surface area contributed by atoms with Gasteiger partial charge in [-0.05, 0) is 42.5 Å². The molecule has 1 saturated carbocycles. The Kier molecular flexibility index (Phi) is 4.97. The minimum Gasteiger partial charge on any atom is -0.338 e. The van der Waals surface area contributed by atoms with Crippen molar-refractivity contribution in [3.8, 4) is 0 Å². The van der Waals surface area contributed by atoms with Crippen LogP contribution in [0.5, 0.6) is 0 Å². The quantitative estimate of drug-likeness (QED) is 0.344. The summed E-state index contributed by atoms with van der Waals surface area (Å²) in [5.41, 5.74) is 2.66. The van der Waals surface area contributed by atoms with Crippen LogP contribution >= 0.6 is 0 Å². The first kappa shape index (κ1) is 18.5. The summed E-state index contributed by atoms with van der Waals surface area (Å²) in [6, 6.07) is 20.3. The fourth-order valence-electron chi connectivity index (χ4n) is 4.25. The number of nitrogens with one attached hydrogen (secondary N) is 4. The van der Waals surface area contributed by atoms with Gasteiger partial charge in [-0.2, -0.15) is 5.10 Å².